The SMILES string of the molecule is CC1(C)Cc2nc(C3CCCC3)c(C(=O)c3ccc(F)cc3)c(-c3ccc(F)cc3)c2C(O[Si](C)(C)C(C)(C)C)C1. The second kappa shape index (κ2) is 10.8. The van der Waals surface area contributed by atoms with Gasteiger partial charge in [0.15, 0.2) is 14.1 Å². The van der Waals surface area contributed by atoms with E-state index < -0.39 is 8.32 Å². The van der Waals surface area contributed by atoms with Crippen LogP contribution in [0.4, 0.5) is 8.78 Å². The molecule has 2 aliphatic carbocycles. The van der Waals surface area contributed by atoms with Crippen LogP contribution in [0.5, 0.6) is 0 Å². The minimum atomic E-state index is -2.22. The molecule has 1 aromatic heterocycles. The lowest BCUT2D eigenvalue weighted by Gasteiger charge is -2.45. The Morgan fingerprint density at radius 1 is 0.951 bits per heavy atom. The van der Waals surface area contributed by atoms with Crippen molar-refractivity contribution in [3.05, 3.63) is 88.2 Å². The summed E-state index contributed by atoms with van der Waals surface area (Å²) < 4.78 is 35.3. The first-order chi connectivity index (χ1) is 19.2. The summed E-state index contributed by atoms with van der Waals surface area (Å²) in [6.45, 7) is 15.8. The average Bonchev–Trinajstić information content (AvgIpc) is 3.42. The minimum Gasteiger partial charge on any atom is -0.410 e. The molecule has 5 rings (SSSR count). The molecule has 2 aromatic carbocycles. The first-order valence-corrected chi connectivity index (χ1v) is 17.9. The van der Waals surface area contributed by atoms with Crippen LogP contribution in [0.3, 0.4) is 0 Å². The monoisotopic (exact) mass is 575 g/mol. The summed E-state index contributed by atoms with van der Waals surface area (Å²) >= 11 is 0. The summed E-state index contributed by atoms with van der Waals surface area (Å²) in [5, 5.41) is -0.00519. The number of nitrogens with zero attached hydrogens (tertiary/aromatic N) is 1. The van der Waals surface area contributed by atoms with Crippen LogP contribution in [-0.2, 0) is 10.8 Å². The summed E-state index contributed by atoms with van der Waals surface area (Å²) in [6, 6.07) is 12.2. The van der Waals surface area contributed by atoms with E-state index in [2.05, 4.69) is 47.7 Å². The third-order valence-electron chi connectivity index (χ3n) is 9.50. The Balaban J connectivity index is 1.84. The van der Waals surface area contributed by atoms with Crippen molar-refractivity contribution in [2.45, 2.75) is 103 Å². The lowest BCUT2D eigenvalue weighted by atomic mass is 9.71. The number of fused-ring (bicyclic) bond motifs is 1. The quantitative estimate of drug-likeness (QED) is 0.217. The molecule has 41 heavy (non-hydrogen) atoms. The normalized spacial score (nSPS) is 19.3. The maximum absolute atomic E-state index is 14.5. The fourth-order valence-corrected chi connectivity index (χ4v) is 7.57. The first kappa shape index (κ1) is 29.8. The maximum Gasteiger partial charge on any atom is 0.195 e. The van der Waals surface area contributed by atoms with Gasteiger partial charge in [0.1, 0.15) is 11.6 Å². The van der Waals surface area contributed by atoms with Crippen molar-refractivity contribution in [2.24, 2.45) is 5.41 Å². The Hall–Kier alpha value is -2.70. The summed E-state index contributed by atoms with van der Waals surface area (Å²) in [6.07, 6.45) is 5.48. The number of aromatic nitrogens is 1. The Bertz CT molecular complexity index is 1430. The van der Waals surface area contributed by atoms with Gasteiger partial charge in [-0.15, -0.1) is 0 Å². The van der Waals surface area contributed by atoms with Crippen molar-refractivity contribution in [2.75, 3.05) is 0 Å². The molecule has 1 saturated carbocycles. The van der Waals surface area contributed by atoms with Crippen LogP contribution in [0.25, 0.3) is 11.1 Å². The standard InChI is InChI=1S/C35H43F2NO2Si/c1-34(2,3)41(6,7)40-28-21-35(4,5)20-27-30(28)29(22-12-16-25(36)17-13-22)31(32(38-27)23-10-8-9-11-23)33(39)24-14-18-26(37)19-15-24/h12-19,23,28H,8-11,20-21H2,1-7H3. The Kier molecular flexibility index (Phi) is 7.88. The minimum absolute atomic E-state index is 0.00519. The Morgan fingerprint density at radius 2 is 1.51 bits per heavy atom. The van der Waals surface area contributed by atoms with Crippen LogP contribution in [-0.4, -0.2) is 19.1 Å². The van der Waals surface area contributed by atoms with Gasteiger partial charge < -0.3 is 4.43 Å². The van der Waals surface area contributed by atoms with Crippen LogP contribution in [0.1, 0.15) is 112 Å². The number of pyridine rings is 1. The van der Waals surface area contributed by atoms with Crippen molar-refractivity contribution in [3.8, 4) is 11.1 Å². The zero-order valence-electron chi connectivity index (χ0n) is 25.5. The Morgan fingerprint density at radius 3 is 2.07 bits per heavy atom. The van der Waals surface area contributed by atoms with E-state index in [-0.39, 0.29) is 39.9 Å². The van der Waals surface area contributed by atoms with Gasteiger partial charge in [-0.05, 0) is 91.2 Å². The van der Waals surface area contributed by atoms with Crippen LogP contribution in [0, 0.1) is 17.0 Å². The van der Waals surface area contributed by atoms with Gasteiger partial charge >= 0.3 is 0 Å². The van der Waals surface area contributed by atoms with E-state index in [1.54, 1.807) is 24.3 Å². The second-order valence-electron chi connectivity index (χ2n) is 14.3. The van der Waals surface area contributed by atoms with E-state index in [1.165, 1.54) is 24.3 Å². The second-order valence-corrected chi connectivity index (χ2v) is 19.1. The molecule has 1 atom stereocenters. The molecule has 0 bridgehead atoms. The first-order valence-electron chi connectivity index (χ1n) is 15.0. The van der Waals surface area contributed by atoms with E-state index in [1.807, 2.05) is 0 Å². The molecule has 218 valence electrons. The fraction of sp³-hybridized carbons (Fsp3) is 0.486. The predicted molar refractivity (Wildman–Crippen MR) is 164 cm³/mol. The zero-order valence-corrected chi connectivity index (χ0v) is 26.5. The van der Waals surface area contributed by atoms with Crippen LogP contribution in [0.2, 0.25) is 18.1 Å². The maximum atomic E-state index is 14.5. The van der Waals surface area contributed by atoms with Gasteiger partial charge in [-0.1, -0.05) is 59.6 Å². The van der Waals surface area contributed by atoms with Crippen LogP contribution < -0.4 is 0 Å². The van der Waals surface area contributed by atoms with Crippen molar-refractivity contribution >= 4 is 14.1 Å². The molecule has 0 spiro atoms. The van der Waals surface area contributed by atoms with Gasteiger partial charge in [0.2, 0.25) is 0 Å². The lowest BCUT2D eigenvalue weighted by molar-refractivity contribution is 0.102. The van der Waals surface area contributed by atoms with Crippen LogP contribution >= 0.6 is 0 Å². The average molecular weight is 576 g/mol. The highest BCUT2D eigenvalue weighted by molar-refractivity contribution is 6.74. The highest BCUT2D eigenvalue weighted by atomic mass is 28.4. The van der Waals surface area contributed by atoms with E-state index in [9.17, 15) is 13.6 Å². The molecule has 3 aromatic rings. The van der Waals surface area contributed by atoms with Crippen molar-refractivity contribution in [1.82, 2.24) is 4.98 Å². The van der Waals surface area contributed by atoms with E-state index in [0.717, 1.165) is 66.6 Å². The van der Waals surface area contributed by atoms with Gasteiger partial charge in [-0.3, -0.25) is 9.78 Å². The molecule has 1 fully saturated rings. The number of halogens is 2. The van der Waals surface area contributed by atoms with Gasteiger partial charge in [-0.2, -0.15) is 0 Å². The number of benzene rings is 2. The number of carbonyl (C=O) groups excluding carboxylic acids is 1. The van der Waals surface area contributed by atoms with Crippen LogP contribution in [0.15, 0.2) is 48.5 Å². The smallest absolute Gasteiger partial charge is 0.195 e. The number of hydrogen-bond donors (Lipinski definition) is 0. The predicted octanol–water partition coefficient (Wildman–Crippen LogP) is 9.95. The highest BCUT2D eigenvalue weighted by Crippen LogP contribution is 2.52. The molecular weight excluding hydrogens is 532 g/mol. The number of hydrogen-bond acceptors (Lipinski definition) is 3. The molecule has 0 amide bonds. The molecule has 6 heteroatoms. The third-order valence-corrected chi connectivity index (χ3v) is 14.0. The van der Waals surface area contributed by atoms with Gasteiger partial charge in [0.05, 0.1) is 17.4 Å². The molecule has 1 heterocycles. The summed E-state index contributed by atoms with van der Waals surface area (Å²) in [4.78, 5) is 19.9. The Labute approximate surface area is 244 Å². The molecule has 3 nitrogen and oxygen atoms in total. The third kappa shape index (κ3) is 5.96. The van der Waals surface area contributed by atoms with Gasteiger partial charge in [0, 0.05) is 28.3 Å². The number of carbonyl (C=O) groups is 1. The van der Waals surface area contributed by atoms with Crippen molar-refractivity contribution in [3.63, 3.8) is 0 Å². The lowest BCUT2D eigenvalue weighted by Crippen LogP contribution is -2.44. The van der Waals surface area contributed by atoms with Crippen molar-refractivity contribution < 1.29 is 18.0 Å². The van der Waals surface area contributed by atoms with Gasteiger partial charge in [-0.25, -0.2) is 8.78 Å². The van der Waals surface area contributed by atoms with E-state index in [0.29, 0.717) is 11.1 Å². The molecular formula is C35H43F2NO2Si. The summed E-state index contributed by atoms with van der Waals surface area (Å²) in [5.41, 5.74) is 5.34. The van der Waals surface area contributed by atoms with E-state index >= 15 is 0 Å². The molecule has 0 aliphatic heterocycles. The molecule has 0 N–H and O–H groups in total. The zero-order chi connectivity index (χ0) is 29.7. The number of ketones is 1. The molecule has 1 unspecified atom stereocenters. The highest BCUT2D eigenvalue weighted by Gasteiger charge is 2.45. The van der Waals surface area contributed by atoms with E-state index in [4.69, 9.17) is 9.41 Å². The largest absolute Gasteiger partial charge is 0.410 e. The topological polar surface area (TPSA) is 39.2 Å². The molecule has 2 aliphatic rings. The van der Waals surface area contributed by atoms with Crippen molar-refractivity contribution in [1.29, 1.82) is 0 Å². The summed E-state index contributed by atoms with van der Waals surface area (Å²) in [7, 11) is -2.22. The van der Waals surface area contributed by atoms with Gasteiger partial charge in [0.25, 0.3) is 0 Å². The fourth-order valence-electron chi connectivity index (χ4n) is 6.30. The molecule has 0 radical (unpaired) electrons. The number of rotatable bonds is 6. The molecule has 0 saturated heterocycles. The summed E-state index contributed by atoms with van der Waals surface area (Å²) in [5.74, 6) is -0.708.